The minimum atomic E-state index is 0.650. The summed E-state index contributed by atoms with van der Waals surface area (Å²) in [6, 6.07) is 9.35. The third-order valence-electron chi connectivity index (χ3n) is 4.39. The fourth-order valence-electron chi connectivity index (χ4n) is 3.30. The molecule has 0 aliphatic heterocycles. The molecule has 1 nitrogen and oxygen atoms in total. The van der Waals surface area contributed by atoms with Crippen LogP contribution in [0.2, 0.25) is 0 Å². The lowest BCUT2D eigenvalue weighted by Gasteiger charge is -2.20. The van der Waals surface area contributed by atoms with Crippen LogP contribution in [0.25, 0.3) is 0 Å². The third-order valence-corrected chi connectivity index (χ3v) is 5.46. The van der Waals surface area contributed by atoms with Gasteiger partial charge in [-0.15, -0.1) is 18.3 Å². The van der Waals surface area contributed by atoms with Crippen molar-refractivity contribution in [3.8, 4) is 0 Å². The molecule has 0 bridgehead atoms. The lowest BCUT2D eigenvalue weighted by Crippen LogP contribution is -2.18. The molecule has 0 saturated heterocycles. The maximum absolute atomic E-state index is 3.82. The Kier molecular flexibility index (Phi) is 7.21. The van der Waals surface area contributed by atoms with E-state index in [1.54, 1.807) is 0 Å². The molecule has 1 aromatic carbocycles. The van der Waals surface area contributed by atoms with Crippen LogP contribution in [0.1, 0.15) is 51.9 Å². The quantitative estimate of drug-likeness (QED) is 0.369. The van der Waals surface area contributed by atoms with E-state index in [9.17, 15) is 0 Å². The van der Waals surface area contributed by atoms with E-state index in [-0.39, 0.29) is 0 Å². The molecule has 0 radical (unpaired) electrons. The van der Waals surface area contributed by atoms with Crippen LogP contribution in [-0.2, 0) is 0 Å². The van der Waals surface area contributed by atoms with Crippen molar-refractivity contribution in [3.05, 3.63) is 36.9 Å². The first kappa shape index (κ1) is 16.5. The molecule has 1 N–H and O–H groups in total. The van der Waals surface area contributed by atoms with Gasteiger partial charge in [-0.2, -0.15) is 0 Å². The van der Waals surface area contributed by atoms with Crippen molar-refractivity contribution in [2.75, 3.05) is 11.1 Å². The van der Waals surface area contributed by atoms with Gasteiger partial charge in [0.05, 0.1) is 0 Å². The zero-order valence-electron chi connectivity index (χ0n) is 13.3. The van der Waals surface area contributed by atoms with Crippen LogP contribution in [0.3, 0.4) is 0 Å². The number of hydrogen-bond acceptors (Lipinski definition) is 2. The topological polar surface area (TPSA) is 12.0 Å². The Labute approximate surface area is 134 Å². The summed E-state index contributed by atoms with van der Waals surface area (Å²) in [6.07, 6.45) is 11.6. The van der Waals surface area contributed by atoms with Gasteiger partial charge in [0.25, 0.3) is 0 Å². The third kappa shape index (κ3) is 5.43. The van der Waals surface area contributed by atoms with Crippen molar-refractivity contribution in [1.29, 1.82) is 0 Å². The highest BCUT2D eigenvalue weighted by molar-refractivity contribution is 7.99. The summed E-state index contributed by atoms with van der Waals surface area (Å²) in [5.74, 6) is 1.94. The molecule has 2 atom stereocenters. The molecule has 21 heavy (non-hydrogen) atoms. The lowest BCUT2D eigenvalue weighted by molar-refractivity contribution is 0.422. The summed E-state index contributed by atoms with van der Waals surface area (Å²) >= 11 is 1.87. The Morgan fingerprint density at radius 1 is 1.24 bits per heavy atom. The summed E-state index contributed by atoms with van der Waals surface area (Å²) < 4.78 is 0. The predicted molar refractivity (Wildman–Crippen MR) is 96.3 cm³/mol. The Bertz CT molecular complexity index is 429. The molecule has 1 fully saturated rings. The summed E-state index contributed by atoms with van der Waals surface area (Å²) in [5, 5.41) is 3.81. The molecule has 116 valence electrons. The number of anilines is 1. The monoisotopic (exact) mass is 303 g/mol. The second-order valence-electron chi connectivity index (χ2n) is 6.10. The minimum absolute atomic E-state index is 0.650. The van der Waals surface area contributed by atoms with Crippen LogP contribution in [-0.4, -0.2) is 11.8 Å². The van der Waals surface area contributed by atoms with Gasteiger partial charge in [-0.3, -0.25) is 0 Å². The molecule has 2 rings (SSSR count). The summed E-state index contributed by atoms with van der Waals surface area (Å²) in [5.41, 5.74) is 1.31. The van der Waals surface area contributed by atoms with E-state index in [4.69, 9.17) is 0 Å². The fourth-order valence-corrected chi connectivity index (χ4v) is 4.05. The molecule has 1 aliphatic rings. The van der Waals surface area contributed by atoms with Crippen LogP contribution in [0.15, 0.2) is 41.8 Å². The van der Waals surface area contributed by atoms with Crippen molar-refractivity contribution in [1.82, 2.24) is 0 Å². The molecule has 1 saturated carbocycles. The summed E-state index contributed by atoms with van der Waals surface area (Å²) in [7, 11) is 0. The van der Waals surface area contributed by atoms with Crippen LogP contribution in [0.4, 0.5) is 5.69 Å². The highest BCUT2D eigenvalue weighted by atomic mass is 32.2. The van der Waals surface area contributed by atoms with Gasteiger partial charge in [0.2, 0.25) is 0 Å². The van der Waals surface area contributed by atoms with Crippen LogP contribution >= 0.6 is 11.8 Å². The Hall–Kier alpha value is -0.890. The van der Waals surface area contributed by atoms with Crippen LogP contribution in [0, 0.1) is 5.92 Å². The Morgan fingerprint density at radius 2 is 2.10 bits per heavy atom. The number of hydrogen-bond donors (Lipinski definition) is 1. The molecular weight excluding hydrogens is 274 g/mol. The second-order valence-corrected chi connectivity index (χ2v) is 7.16. The molecule has 1 aromatic rings. The first-order chi connectivity index (χ1) is 10.3. The SMILES string of the molecule is C=CCSc1ccccc1NC1CCCC(CCC)CC1. The second kappa shape index (κ2) is 9.19. The first-order valence-electron chi connectivity index (χ1n) is 8.42. The normalized spacial score (nSPS) is 22.5. The average Bonchev–Trinajstić information content (AvgIpc) is 2.72. The predicted octanol–water partition coefficient (Wildman–Crippen LogP) is 6.13. The minimum Gasteiger partial charge on any atom is -0.381 e. The molecule has 1 aliphatic carbocycles. The molecule has 0 aromatic heterocycles. The summed E-state index contributed by atoms with van der Waals surface area (Å²) in [4.78, 5) is 1.35. The highest BCUT2D eigenvalue weighted by Gasteiger charge is 2.18. The summed E-state index contributed by atoms with van der Waals surface area (Å²) in [6.45, 7) is 6.13. The first-order valence-corrected chi connectivity index (χ1v) is 9.41. The lowest BCUT2D eigenvalue weighted by atomic mass is 9.95. The van der Waals surface area contributed by atoms with Crippen molar-refractivity contribution in [2.45, 2.75) is 62.8 Å². The van der Waals surface area contributed by atoms with Crippen molar-refractivity contribution in [3.63, 3.8) is 0 Å². The zero-order valence-corrected chi connectivity index (χ0v) is 14.1. The van der Waals surface area contributed by atoms with E-state index in [1.165, 1.54) is 55.5 Å². The Balaban J connectivity index is 1.93. The number of nitrogens with one attached hydrogen (secondary N) is 1. The van der Waals surface area contributed by atoms with E-state index in [0.717, 1.165) is 11.7 Å². The maximum Gasteiger partial charge on any atom is 0.0480 e. The van der Waals surface area contributed by atoms with Gasteiger partial charge in [-0.05, 0) is 37.3 Å². The zero-order chi connectivity index (χ0) is 14.9. The smallest absolute Gasteiger partial charge is 0.0480 e. The Morgan fingerprint density at radius 3 is 2.90 bits per heavy atom. The standard InChI is InChI=1S/C19H29NS/c1-3-8-16-9-7-10-17(14-13-16)20-18-11-5-6-12-19(18)21-15-4-2/h4-6,11-12,16-17,20H,2-3,7-10,13-15H2,1H3. The number of para-hydroxylation sites is 1. The van der Waals surface area contributed by atoms with Crippen LogP contribution < -0.4 is 5.32 Å². The van der Waals surface area contributed by atoms with Crippen molar-refractivity contribution in [2.24, 2.45) is 5.92 Å². The molecule has 2 heteroatoms. The molecule has 0 amide bonds. The molecule has 0 spiro atoms. The number of rotatable bonds is 7. The van der Waals surface area contributed by atoms with Crippen LogP contribution in [0.5, 0.6) is 0 Å². The van der Waals surface area contributed by atoms with E-state index in [0.29, 0.717) is 6.04 Å². The molecule has 0 heterocycles. The van der Waals surface area contributed by atoms with E-state index in [2.05, 4.69) is 43.1 Å². The fraction of sp³-hybridized carbons (Fsp3) is 0.579. The molecular formula is C19H29NS. The van der Waals surface area contributed by atoms with Gasteiger partial charge in [-0.25, -0.2) is 0 Å². The van der Waals surface area contributed by atoms with Gasteiger partial charge in [0, 0.05) is 22.4 Å². The molecule has 2 unspecified atom stereocenters. The van der Waals surface area contributed by atoms with E-state index >= 15 is 0 Å². The van der Waals surface area contributed by atoms with E-state index in [1.807, 2.05) is 17.8 Å². The number of thioether (sulfide) groups is 1. The van der Waals surface area contributed by atoms with Gasteiger partial charge >= 0.3 is 0 Å². The van der Waals surface area contributed by atoms with Gasteiger partial charge in [0.1, 0.15) is 0 Å². The van der Waals surface area contributed by atoms with Gasteiger partial charge < -0.3 is 5.32 Å². The van der Waals surface area contributed by atoms with Gasteiger partial charge in [-0.1, -0.05) is 50.8 Å². The largest absolute Gasteiger partial charge is 0.381 e. The number of benzene rings is 1. The van der Waals surface area contributed by atoms with Gasteiger partial charge in [0.15, 0.2) is 0 Å². The van der Waals surface area contributed by atoms with E-state index < -0.39 is 0 Å². The van der Waals surface area contributed by atoms with Crippen molar-refractivity contribution >= 4 is 17.4 Å². The maximum atomic E-state index is 3.82. The highest BCUT2D eigenvalue weighted by Crippen LogP contribution is 2.31. The average molecular weight is 304 g/mol. The van der Waals surface area contributed by atoms with Crippen molar-refractivity contribution < 1.29 is 0 Å².